The summed E-state index contributed by atoms with van der Waals surface area (Å²) < 4.78 is 0. The highest BCUT2D eigenvalue weighted by atomic mass is 32.1. The van der Waals surface area contributed by atoms with Gasteiger partial charge in [0.1, 0.15) is 10.8 Å². The Bertz CT molecular complexity index is 1090. The smallest absolute Gasteiger partial charge is 0.251 e. The molecule has 174 valence electrons. The van der Waals surface area contributed by atoms with Gasteiger partial charge >= 0.3 is 0 Å². The van der Waals surface area contributed by atoms with E-state index in [0.717, 1.165) is 27.4 Å². The van der Waals surface area contributed by atoms with Crippen molar-refractivity contribution < 1.29 is 9.90 Å². The van der Waals surface area contributed by atoms with E-state index in [1.165, 1.54) is 6.34 Å². The number of carbonyl (C=O) groups is 1. The van der Waals surface area contributed by atoms with Crippen molar-refractivity contribution in [2.75, 3.05) is 4.90 Å². The van der Waals surface area contributed by atoms with Gasteiger partial charge in [-0.25, -0.2) is 0 Å². The summed E-state index contributed by atoms with van der Waals surface area (Å²) in [7, 11) is 0. The van der Waals surface area contributed by atoms with Crippen LogP contribution in [0.5, 0.6) is 5.75 Å². The molecule has 0 saturated heterocycles. The monoisotopic (exact) mass is 463 g/mol. The lowest BCUT2D eigenvalue weighted by atomic mass is 9.78. The van der Waals surface area contributed by atoms with E-state index in [1.54, 1.807) is 23.5 Å². The Labute approximate surface area is 200 Å². The summed E-state index contributed by atoms with van der Waals surface area (Å²) in [5, 5.41) is 24.6. The number of aromatic hydroxyl groups is 1. The standard InChI is InChI=1S/C27H33N3O2S/c1-26(2,3)21-14-19(15-22(24(21)31)27(4,5)6)25(32)29-16-18-9-11-20(12-10-18)30(17-28)23-8-7-13-33-23/h7-15,17,28,31H,16H2,1-6H3,(H,29,32). The fourth-order valence-corrected chi connectivity index (χ4v) is 4.37. The molecule has 0 bridgehead atoms. The van der Waals surface area contributed by atoms with Crippen LogP contribution in [-0.4, -0.2) is 17.4 Å². The van der Waals surface area contributed by atoms with Crippen LogP contribution in [0.1, 0.15) is 68.6 Å². The van der Waals surface area contributed by atoms with Gasteiger partial charge in [-0.1, -0.05) is 53.7 Å². The fraction of sp³-hybridized carbons (Fsp3) is 0.333. The van der Waals surface area contributed by atoms with Crippen molar-refractivity contribution in [3.05, 3.63) is 76.2 Å². The number of amides is 1. The average Bonchev–Trinajstić information content (AvgIpc) is 3.26. The Kier molecular flexibility index (Phi) is 6.98. The number of anilines is 2. The van der Waals surface area contributed by atoms with E-state index in [9.17, 15) is 9.90 Å². The molecule has 0 aliphatic heterocycles. The zero-order chi connectivity index (χ0) is 24.4. The molecule has 0 fully saturated rings. The third-order valence-electron chi connectivity index (χ3n) is 5.53. The van der Waals surface area contributed by atoms with Crippen molar-refractivity contribution in [2.24, 2.45) is 0 Å². The number of nitrogens with one attached hydrogen (secondary N) is 2. The van der Waals surface area contributed by atoms with Crippen LogP contribution in [-0.2, 0) is 17.4 Å². The molecule has 3 aromatic rings. The third-order valence-corrected chi connectivity index (χ3v) is 6.40. The van der Waals surface area contributed by atoms with Crippen molar-refractivity contribution in [2.45, 2.75) is 58.9 Å². The van der Waals surface area contributed by atoms with E-state index in [0.29, 0.717) is 12.1 Å². The van der Waals surface area contributed by atoms with Crippen molar-refractivity contribution in [1.29, 1.82) is 5.41 Å². The molecule has 1 amide bonds. The molecular formula is C27H33N3O2S. The minimum absolute atomic E-state index is 0.171. The lowest BCUT2D eigenvalue weighted by molar-refractivity contribution is 0.0950. The predicted molar refractivity (Wildman–Crippen MR) is 138 cm³/mol. The van der Waals surface area contributed by atoms with Crippen LogP contribution in [0.4, 0.5) is 10.7 Å². The van der Waals surface area contributed by atoms with E-state index < -0.39 is 0 Å². The normalized spacial score (nSPS) is 11.8. The molecule has 0 atom stereocenters. The van der Waals surface area contributed by atoms with Gasteiger partial charge in [-0.3, -0.25) is 15.1 Å². The van der Waals surface area contributed by atoms with Crippen LogP contribution in [0.3, 0.4) is 0 Å². The summed E-state index contributed by atoms with van der Waals surface area (Å²) in [6, 6.07) is 15.3. The van der Waals surface area contributed by atoms with Crippen LogP contribution in [0.15, 0.2) is 53.9 Å². The van der Waals surface area contributed by atoms with Crippen molar-refractivity contribution in [1.82, 2.24) is 5.32 Å². The number of phenols is 1. The van der Waals surface area contributed by atoms with E-state index >= 15 is 0 Å². The lowest BCUT2D eigenvalue weighted by Crippen LogP contribution is -2.25. The molecule has 0 unspecified atom stereocenters. The van der Waals surface area contributed by atoms with E-state index in [4.69, 9.17) is 5.41 Å². The highest BCUT2D eigenvalue weighted by molar-refractivity contribution is 7.14. The maximum atomic E-state index is 13.0. The minimum atomic E-state index is -0.292. The highest BCUT2D eigenvalue weighted by Crippen LogP contribution is 2.39. The van der Waals surface area contributed by atoms with Crippen molar-refractivity contribution in [3.8, 4) is 5.75 Å². The fourth-order valence-electron chi connectivity index (χ4n) is 3.64. The average molecular weight is 464 g/mol. The quantitative estimate of drug-likeness (QED) is 0.280. The first kappa shape index (κ1) is 24.5. The van der Waals surface area contributed by atoms with Crippen LogP contribution in [0.25, 0.3) is 0 Å². The maximum absolute atomic E-state index is 13.0. The number of nitrogens with zero attached hydrogens (tertiary/aromatic N) is 1. The summed E-state index contributed by atoms with van der Waals surface area (Å²) in [6.07, 6.45) is 1.30. The predicted octanol–water partition coefficient (Wildman–Crippen LogP) is 6.72. The number of rotatable bonds is 6. The molecule has 0 aliphatic carbocycles. The van der Waals surface area contributed by atoms with Gasteiger partial charge in [0.05, 0.1) is 6.34 Å². The molecule has 1 heterocycles. The first-order valence-corrected chi connectivity index (χ1v) is 11.9. The number of hydrogen-bond acceptors (Lipinski definition) is 4. The Morgan fingerprint density at radius 3 is 2.06 bits per heavy atom. The van der Waals surface area contributed by atoms with Crippen molar-refractivity contribution in [3.63, 3.8) is 0 Å². The van der Waals surface area contributed by atoms with Gasteiger partial charge in [-0.05, 0) is 58.2 Å². The van der Waals surface area contributed by atoms with Gasteiger partial charge in [0.2, 0.25) is 0 Å². The molecule has 33 heavy (non-hydrogen) atoms. The van der Waals surface area contributed by atoms with E-state index in [-0.39, 0.29) is 22.5 Å². The van der Waals surface area contributed by atoms with Crippen LogP contribution < -0.4 is 10.2 Å². The zero-order valence-corrected chi connectivity index (χ0v) is 21.0. The second-order valence-electron chi connectivity index (χ2n) is 10.2. The zero-order valence-electron chi connectivity index (χ0n) is 20.2. The molecule has 3 N–H and O–H groups in total. The second-order valence-corrected chi connectivity index (χ2v) is 11.1. The lowest BCUT2D eigenvalue weighted by Gasteiger charge is -2.28. The molecule has 6 heteroatoms. The van der Waals surface area contributed by atoms with Gasteiger partial charge in [-0.15, -0.1) is 11.3 Å². The summed E-state index contributed by atoms with van der Waals surface area (Å²) in [5.74, 6) is 0.0958. The number of phenolic OH excluding ortho intramolecular Hbond substituents is 1. The maximum Gasteiger partial charge on any atom is 0.251 e. The van der Waals surface area contributed by atoms with Crippen LogP contribution in [0.2, 0.25) is 0 Å². The van der Waals surface area contributed by atoms with E-state index in [1.807, 2.05) is 88.2 Å². The van der Waals surface area contributed by atoms with Crippen LogP contribution >= 0.6 is 11.3 Å². The third kappa shape index (κ3) is 5.63. The van der Waals surface area contributed by atoms with E-state index in [2.05, 4.69) is 5.32 Å². The number of benzene rings is 2. The van der Waals surface area contributed by atoms with Crippen molar-refractivity contribution >= 4 is 34.3 Å². The number of carbonyl (C=O) groups excluding carboxylic acids is 1. The molecule has 1 aromatic heterocycles. The SMILES string of the molecule is CC(C)(C)c1cc(C(=O)NCc2ccc(N(C=N)c3cccs3)cc2)cc(C(C)(C)C)c1O. The van der Waals surface area contributed by atoms with Gasteiger partial charge in [0.25, 0.3) is 5.91 Å². The molecule has 3 rings (SSSR count). The first-order valence-electron chi connectivity index (χ1n) is 11.0. The Morgan fingerprint density at radius 2 is 1.61 bits per heavy atom. The summed E-state index contributed by atoms with van der Waals surface area (Å²) in [4.78, 5) is 14.8. The molecule has 0 saturated carbocycles. The largest absolute Gasteiger partial charge is 0.507 e. The molecule has 0 aliphatic rings. The first-order chi connectivity index (χ1) is 15.4. The molecule has 2 aromatic carbocycles. The van der Waals surface area contributed by atoms with Gasteiger partial charge in [0.15, 0.2) is 0 Å². The molecule has 5 nitrogen and oxygen atoms in total. The second kappa shape index (κ2) is 9.40. The summed E-state index contributed by atoms with van der Waals surface area (Å²) in [6.45, 7) is 12.6. The Morgan fingerprint density at radius 1 is 1.03 bits per heavy atom. The van der Waals surface area contributed by atoms with Gasteiger partial charge in [0, 0.05) is 28.9 Å². The highest BCUT2D eigenvalue weighted by Gasteiger charge is 2.27. The molecular weight excluding hydrogens is 430 g/mol. The number of thiophene rings is 1. The Hall–Kier alpha value is -3.12. The molecule has 0 radical (unpaired) electrons. The van der Waals surface area contributed by atoms with Gasteiger partial charge in [-0.2, -0.15) is 0 Å². The minimum Gasteiger partial charge on any atom is -0.507 e. The van der Waals surface area contributed by atoms with Crippen LogP contribution in [0, 0.1) is 5.41 Å². The summed E-state index contributed by atoms with van der Waals surface area (Å²) in [5.41, 5.74) is 3.36. The Balaban J connectivity index is 1.79. The summed E-state index contributed by atoms with van der Waals surface area (Å²) >= 11 is 1.57. The van der Waals surface area contributed by atoms with Gasteiger partial charge < -0.3 is 10.4 Å². The topological polar surface area (TPSA) is 76.4 Å². The number of hydrogen-bond donors (Lipinski definition) is 3. The molecule has 0 spiro atoms.